The summed E-state index contributed by atoms with van der Waals surface area (Å²) in [6.45, 7) is 3.54. The van der Waals surface area contributed by atoms with E-state index in [4.69, 9.17) is 0 Å². The van der Waals surface area contributed by atoms with Gasteiger partial charge in [-0.05, 0) is 61.7 Å². The number of piperidine rings is 1. The molecule has 1 saturated heterocycles. The first-order chi connectivity index (χ1) is 14.0. The standard InChI is InChI=1S/C22H26N4O3/c1-16(27)23-18-6-5-7-19(14-18)25-22(29)15-21(28)24-17-8-10-20(11-9-17)26-12-3-2-4-13-26/h5-11,14H,2-4,12-13,15H2,1H3,(H,23,27)(H,24,28)(H,25,29). The lowest BCUT2D eigenvalue weighted by atomic mass is 10.1. The van der Waals surface area contributed by atoms with Gasteiger partial charge in [0, 0.05) is 42.8 Å². The Balaban J connectivity index is 1.50. The Morgan fingerprint density at radius 1 is 0.793 bits per heavy atom. The number of nitrogens with one attached hydrogen (secondary N) is 3. The zero-order valence-corrected chi connectivity index (χ0v) is 16.5. The minimum atomic E-state index is -0.424. The highest BCUT2D eigenvalue weighted by Gasteiger charge is 2.13. The second-order valence-electron chi connectivity index (χ2n) is 7.13. The molecule has 3 N–H and O–H groups in total. The number of amides is 3. The van der Waals surface area contributed by atoms with E-state index < -0.39 is 5.91 Å². The van der Waals surface area contributed by atoms with Crippen LogP contribution in [0.3, 0.4) is 0 Å². The number of benzene rings is 2. The molecule has 0 radical (unpaired) electrons. The van der Waals surface area contributed by atoms with Crippen LogP contribution < -0.4 is 20.9 Å². The van der Waals surface area contributed by atoms with E-state index in [1.54, 1.807) is 24.3 Å². The fourth-order valence-electron chi connectivity index (χ4n) is 3.34. The van der Waals surface area contributed by atoms with Crippen molar-refractivity contribution in [3.63, 3.8) is 0 Å². The van der Waals surface area contributed by atoms with Crippen LogP contribution in [0.4, 0.5) is 22.7 Å². The number of carbonyl (C=O) groups is 3. The van der Waals surface area contributed by atoms with E-state index in [-0.39, 0.29) is 18.2 Å². The Kier molecular flexibility index (Phi) is 6.84. The van der Waals surface area contributed by atoms with Gasteiger partial charge in [0.25, 0.3) is 0 Å². The first-order valence-electron chi connectivity index (χ1n) is 9.82. The molecule has 0 aromatic heterocycles. The van der Waals surface area contributed by atoms with Gasteiger partial charge in [-0.3, -0.25) is 14.4 Å². The summed E-state index contributed by atoms with van der Waals surface area (Å²) in [7, 11) is 0. The van der Waals surface area contributed by atoms with Crippen LogP contribution in [0.25, 0.3) is 0 Å². The van der Waals surface area contributed by atoms with Crippen LogP contribution in [0, 0.1) is 0 Å². The van der Waals surface area contributed by atoms with Gasteiger partial charge in [0.15, 0.2) is 0 Å². The van der Waals surface area contributed by atoms with Crippen molar-refractivity contribution in [2.24, 2.45) is 0 Å². The lowest BCUT2D eigenvalue weighted by molar-refractivity contribution is -0.123. The summed E-state index contributed by atoms with van der Waals surface area (Å²) in [5.41, 5.74) is 2.91. The van der Waals surface area contributed by atoms with Crippen molar-refractivity contribution in [1.82, 2.24) is 0 Å². The third-order valence-electron chi connectivity index (χ3n) is 4.66. The molecule has 0 saturated carbocycles. The smallest absolute Gasteiger partial charge is 0.233 e. The summed E-state index contributed by atoms with van der Waals surface area (Å²) in [4.78, 5) is 37.8. The largest absolute Gasteiger partial charge is 0.372 e. The molecular weight excluding hydrogens is 368 g/mol. The molecule has 1 fully saturated rings. The molecule has 29 heavy (non-hydrogen) atoms. The van der Waals surface area contributed by atoms with Crippen molar-refractivity contribution in [2.75, 3.05) is 33.9 Å². The number of nitrogens with zero attached hydrogens (tertiary/aromatic N) is 1. The monoisotopic (exact) mass is 394 g/mol. The Morgan fingerprint density at radius 3 is 2.00 bits per heavy atom. The fraction of sp³-hybridized carbons (Fsp3) is 0.318. The molecule has 7 nitrogen and oxygen atoms in total. The number of hydrogen-bond acceptors (Lipinski definition) is 4. The van der Waals surface area contributed by atoms with E-state index in [0.717, 1.165) is 18.8 Å². The number of carbonyl (C=O) groups excluding carboxylic acids is 3. The van der Waals surface area contributed by atoms with Crippen LogP contribution in [0.2, 0.25) is 0 Å². The van der Waals surface area contributed by atoms with Gasteiger partial charge in [-0.1, -0.05) is 6.07 Å². The van der Waals surface area contributed by atoms with Gasteiger partial charge in [0.1, 0.15) is 6.42 Å². The SMILES string of the molecule is CC(=O)Nc1cccc(NC(=O)CC(=O)Nc2ccc(N3CCCCC3)cc2)c1. The highest BCUT2D eigenvalue weighted by Crippen LogP contribution is 2.22. The molecule has 0 bridgehead atoms. The molecule has 0 atom stereocenters. The summed E-state index contributed by atoms with van der Waals surface area (Å²) in [6, 6.07) is 14.5. The van der Waals surface area contributed by atoms with E-state index in [0.29, 0.717) is 17.1 Å². The van der Waals surface area contributed by atoms with Crippen LogP contribution in [0.1, 0.15) is 32.6 Å². The molecule has 3 amide bonds. The normalized spacial score (nSPS) is 13.5. The van der Waals surface area contributed by atoms with Crippen molar-refractivity contribution in [3.05, 3.63) is 48.5 Å². The van der Waals surface area contributed by atoms with Crippen LogP contribution in [0.5, 0.6) is 0 Å². The van der Waals surface area contributed by atoms with E-state index >= 15 is 0 Å². The van der Waals surface area contributed by atoms with E-state index in [2.05, 4.69) is 20.9 Å². The third-order valence-corrected chi connectivity index (χ3v) is 4.66. The molecule has 3 rings (SSSR count). The Hall–Kier alpha value is -3.35. The Morgan fingerprint density at radius 2 is 1.38 bits per heavy atom. The van der Waals surface area contributed by atoms with Crippen LogP contribution in [-0.4, -0.2) is 30.8 Å². The van der Waals surface area contributed by atoms with Gasteiger partial charge in [-0.15, -0.1) is 0 Å². The van der Waals surface area contributed by atoms with Gasteiger partial charge < -0.3 is 20.9 Å². The maximum Gasteiger partial charge on any atom is 0.233 e. The van der Waals surface area contributed by atoms with Gasteiger partial charge in [-0.2, -0.15) is 0 Å². The average Bonchev–Trinajstić information content (AvgIpc) is 2.69. The Labute approximate surface area is 170 Å². The van der Waals surface area contributed by atoms with E-state index in [1.165, 1.54) is 26.2 Å². The average molecular weight is 394 g/mol. The van der Waals surface area contributed by atoms with Crippen molar-refractivity contribution in [2.45, 2.75) is 32.6 Å². The van der Waals surface area contributed by atoms with Crippen LogP contribution in [0.15, 0.2) is 48.5 Å². The van der Waals surface area contributed by atoms with Gasteiger partial charge in [-0.25, -0.2) is 0 Å². The highest BCUT2D eigenvalue weighted by atomic mass is 16.2. The number of anilines is 4. The van der Waals surface area contributed by atoms with Crippen LogP contribution >= 0.6 is 0 Å². The van der Waals surface area contributed by atoms with Crippen molar-refractivity contribution in [3.8, 4) is 0 Å². The molecule has 1 aliphatic heterocycles. The third kappa shape index (κ3) is 6.34. The molecule has 0 unspecified atom stereocenters. The topological polar surface area (TPSA) is 90.5 Å². The lowest BCUT2D eigenvalue weighted by Gasteiger charge is -2.28. The second kappa shape index (κ2) is 9.73. The number of hydrogen-bond donors (Lipinski definition) is 3. The first kappa shape index (κ1) is 20.4. The Bertz CT molecular complexity index is 874. The summed E-state index contributed by atoms with van der Waals surface area (Å²) >= 11 is 0. The molecule has 0 aliphatic carbocycles. The highest BCUT2D eigenvalue weighted by molar-refractivity contribution is 6.08. The van der Waals surface area contributed by atoms with Crippen molar-refractivity contribution < 1.29 is 14.4 Å². The quantitative estimate of drug-likeness (QED) is 0.653. The molecule has 1 heterocycles. The molecule has 2 aromatic rings. The minimum Gasteiger partial charge on any atom is -0.372 e. The lowest BCUT2D eigenvalue weighted by Crippen LogP contribution is -2.29. The maximum atomic E-state index is 12.2. The van der Waals surface area contributed by atoms with Crippen LogP contribution in [-0.2, 0) is 14.4 Å². The summed E-state index contributed by atoms with van der Waals surface area (Å²) in [5, 5.41) is 8.06. The fourth-order valence-corrected chi connectivity index (χ4v) is 3.34. The summed E-state index contributed by atoms with van der Waals surface area (Å²) in [6.07, 6.45) is 3.41. The second-order valence-corrected chi connectivity index (χ2v) is 7.13. The minimum absolute atomic E-state index is 0.195. The summed E-state index contributed by atoms with van der Waals surface area (Å²) in [5.74, 6) is -1.00. The first-order valence-corrected chi connectivity index (χ1v) is 9.82. The molecular formula is C22H26N4O3. The zero-order valence-electron chi connectivity index (χ0n) is 16.5. The summed E-state index contributed by atoms with van der Waals surface area (Å²) < 4.78 is 0. The molecule has 152 valence electrons. The van der Waals surface area contributed by atoms with Gasteiger partial charge >= 0.3 is 0 Å². The predicted molar refractivity (Wildman–Crippen MR) is 115 cm³/mol. The van der Waals surface area contributed by atoms with Gasteiger partial charge in [0.2, 0.25) is 17.7 Å². The molecule has 7 heteroatoms. The van der Waals surface area contributed by atoms with E-state index in [9.17, 15) is 14.4 Å². The molecule has 2 aromatic carbocycles. The van der Waals surface area contributed by atoms with Crippen molar-refractivity contribution >= 4 is 40.5 Å². The van der Waals surface area contributed by atoms with Gasteiger partial charge in [0.05, 0.1) is 0 Å². The predicted octanol–water partition coefficient (Wildman–Crippen LogP) is 3.60. The maximum absolute atomic E-state index is 12.2. The zero-order chi connectivity index (χ0) is 20.6. The molecule has 0 spiro atoms. The number of rotatable bonds is 6. The van der Waals surface area contributed by atoms with Crippen molar-refractivity contribution in [1.29, 1.82) is 0 Å². The van der Waals surface area contributed by atoms with E-state index in [1.807, 2.05) is 24.3 Å². The molecule has 1 aliphatic rings.